The molecule has 0 atom stereocenters. The molecule has 9 heteroatoms. The topological polar surface area (TPSA) is 99.3 Å². The van der Waals surface area contributed by atoms with E-state index in [0.29, 0.717) is 16.8 Å². The Balaban J connectivity index is 1.47. The van der Waals surface area contributed by atoms with Crippen LogP contribution in [0, 0.1) is 9.49 Å². The molecule has 0 spiro atoms. The van der Waals surface area contributed by atoms with Crippen molar-refractivity contribution in [3.05, 3.63) is 63.2 Å². The average Bonchev–Trinajstić information content (AvgIpc) is 3.52. The SMILES string of the molecule is O=C(NNC(=S)NC(=O)c1ccccc1I)c1ccc(NC(=O)C2CC2)cc1. The number of rotatable bonds is 4. The number of benzene rings is 2. The highest BCUT2D eigenvalue weighted by atomic mass is 127. The first kappa shape index (κ1) is 20.2. The number of hydrogen-bond donors (Lipinski definition) is 4. The lowest BCUT2D eigenvalue weighted by atomic mass is 10.2. The van der Waals surface area contributed by atoms with E-state index in [4.69, 9.17) is 12.2 Å². The summed E-state index contributed by atoms with van der Waals surface area (Å²) in [6.45, 7) is 0. The average molecular weight is 508 g/mol. The van der Waals surface area contributed by atoms with E-state index in [1.165, 1.54) is 0 Å². The van der Waals surface area contributed by atoms with Crippen LogP contribution in [-0.2, 0) is 4.79 Å². The summed E-state index contributed by atoms with van der Waals surface area (Å²) in [6.07, 6.45) is 1.86. The summed E-state index contributed by atoms with van der Waals surface area (Å²) >= 11 is 7.09. The van der Waals surface area contributed by atoms with Gasteiger partial charge in [-0.3, -0.25) is 30.6 Å². The molecule has 1 saturated carbocycles. The Labute approximate surface area is 180 Å². The quantitative estimate of drug-likeness (QED) is 0.289. The molecular formula is C19H17IN4O3S. The Bertz CT molecular complexity index is 929. The minimum Gasteiger partial charge on any atom is -0.326 e. The lowest BCUT2D eigenvalue weighted by molar-refractivity contribution is -0.117. The molecule has 144 valence electrons. The van der Waals surface area contributed by atoms with Gasteiger partial charge < -0.3 is 5.32 Å². The predicted molar refractivity (Wildman–Crippen MR) is 118 cm³/mol. The van der Waals surface area contributed by atoms with Crippen LogP contribution in [0.4, 0.5) is 5.69 Å². The number of halogens is 1. The zero-order valence-corrected chi connectivity index (χ0v) is 17.6. The van der Waals surface area contributed by atoms with Gasteiger partial charge in [0.1, 0.15) is 0 Å². The molecule has 1 aliphatic carbocycles. The van der Waals surface area contributed by atoms with Crippen molar-refractivity contribution in [2.75, 3.05) is 5.32 Å². The van der Waals surface area contributed by atoms with Crippen molar-refractivity contribution in [2.24, 2.45) is 5.92 Å². The number of anilines is 1. The molecule has 0 unspecified atom stereocenters. The fraction of sp³-hybridized carbons (Fsp3) is 0.158. The van der Waals surface area contributed by atoms with Crippen LogP contribution in [0.5, 0.6) is 0 Å². The van der Waals surface area contributed by atoms with Crippen molar-refractivity contribution >= 4 is 63.3 Å². The first-order valence-corrected chi connectivity index (χ1v) is 10.00. The molecule has 1 fully saturated rings. The highest BCUT2D eigenvalue weighted by molar-refractivity contribution is 14.1. The van der Waals surface area contributed by atoms with Crippen LogP contribution >= 0.6 is 34.8 Å². The molecule has 1 aliphatic rings. The van der Waals surface area contributed by atoms with Crippen LogP contribution < -0.4 is 21.5 Å². The second-order valence-electron chi connectivity index (χ2n) is 6.18. The van der Waals surface area contributed by atoms with E-state index in [0.717, 1.165) is 16.4 Å². The van der Waals surface area contributed by atoms with Crippen LogP contribution in [0.25, 0.3) is 0 Å². The summed E-state index contributed by atoms with van der Waals surface area (Å²) in [5, 5.41) is 5.29. The molecule has 0 aromatic heterocycles. The normalized spacial score (nSPS) is 12.6. The molecule has 0 saturated heterocycles. The number of thiocarbonyl (C=S) groups is 1. The van der Waals surface area contributed by atoms with Crippen molar-refractivity contribution in [3.8, 4) is 0 Å². The van der Waals surface area contributed by atoms with Gasteiger partial charge in [0.25, 0.3) is 11.8 Å². The highest BCUT2D eigenvalue weighted by Gasteiger charge is 2.29. The molecule has 28 heavy (non-hydrogen) atoms. The smallest absolute Gasteiger partial charge is 0.269 e. The Morgan fingerprint density at radius 1 is 0.929 bits per heavy atom. The monoisotopic (exact) mass is 508 g/mol. The Kier molecular flexibility index (Phi) is 6.57. The van der Waals surface area contributed by atoms with Gasteiger partial charge in [-0.2, -0.15) is 0 Å². The fourth-order valence-electron chi connectivity index (χ4n) is 2.33. The zero-order chi connectivity index (χ0) is 20.1. The van der Waals surface area contributed by atoms with E-state index in [1.54, 1.807) is 36.4 Å². The van der Waals surface area contributed by atoms with Crippen LogP contribution in [-0.4, -0.2) is 22.8 Å². The first-order valence-electron chi connectivity index (χ1n) is 8.51. The van der Waals surface area contributed by atoms with Crippen molar-refractivity contribution in [1.82, 2.24) is 16.2 Å². The minimum atomic E-state index is -0.425. The van der Waals surface area contributed by atoms with Crippen molar-refractivity contribution in [2.45, 2.75) is 12.8 Å². The van der Waals surface area contributed by atoms with Gasteiger partial charge in [0.15, 0.2) is 5.11 Å². The third-order valence-electron chi connectivity index (χ3n) is 4.00. The summed E-state index contributed by atoms with van der Waals surface area (Å²) in [4.78, 5) is 36.1. The van der Waals surface area contributed by atoms with E-state index < -0.39 is 5.91 Å². The number of carbonyl (C=O) groups excluding carboxylic acids is 3. The molecule has 3 amide bonds. The number of carbonyl (C=O) groups is 3. The van der Waals surface area contributed by atoms with E-state index in [9.17, 15) is 14.4 Å². The molecule has 0 aliphatic heterocycles. The lowest BCUT2D eigenvalue weighted by Crippen LogP contribution is -2.48. The van der Waals surface area contributed by atoms with Crippen molar-refractivity contribution < 1.29 is 14.4 Å². The molecule has 2 aromatic carbocycles. The Hall–Kier alpha value is -2.53. The fourth-order valence-corrected chi connectivity index (χ4v) is 3.10. The molecule has 0 heterocycles. The number of hydrogen-bond acceptors (Lipinski definition) is 4. The van der Waals surface area contributed by atoms with Gasteiger partial charge in [-0.15, -0.1) is 0 Å². The number of nitrogens with one attached hydrogen (secondary N) is 4. The summed E-state index contributed by atoms with van der Waals surface area (Å²) in [5.74, 6) is -0.672. The summed E-state index contributed by atoms with van der Waals surface area (Å²) in [7, 11) is 0. The van der Waals surface area contributed by atoms with Gasteiger partial charge in [-0.05, 0) is 84.0 Å². The largest absolute Gasteiger partial charge is 0.326 e. The second-order valence-corrected chi connectivity index (χ2v) is 7.75. The first-order chi connectivity index (χ1) is 13.4. The van der Waals surface area contributed by atoms with Crippen molar-refractivity contribution in [3.63, 3.8) is 0 Å². The van der Waals surface area contributed by atoms with E-state index in [2.05, 4.69) is 44.1 Å². The van der Waals surface area contributed by atoms with Gasteiger partial charge in [0.05, 0.1) is 5.56 Å². The van der Waals surface area contributed by atoms with Crippen LogP contribution in [0.1, 0.15) is 33.6 Å². The second kappa shape index (κ2) is 9.11. The molecule has 4 N–H and O–H groups in total. The third-order valence-corrected chi connectivity index (χ3v) is 5.14. The van der Waals surface area contributed by atoms with Gasteiger partial charge >= 0.3 is 0 Å². The van der Waals surface area contributed by atoms with Crippen molar-refractivity contribution in [1.29, 1.82) is 0 Å². The molecule has 0 radical (unpaired) electrons. The van der Waals surface area contributed by atoms with Gasteiger partial charge in [-0.25, -0.2) is 0 Å². The third kappa shape index (κ3) is 5.49. The number of amides is 3. The summed E-state index contributed by atoms with van der Waals surface area (Å²) in [6, 6.07) is 13.6. The maximum Gasteiger partial charge on any atom is 0.269 e. The van der Waals surface area contributed by atoms with E-state index in [-0.39, 0.29) is 22.8 Å². The molecule has 2 aromatic rings. The van der Waals surface area contributed by atoms with Gasteiger partial charge in [0, 0.05) is 20.7 Å². The van der Waals surface area contributed by atoms with Crippen LogP contribution in [0.3, 0.4) is 0 Å². The Morgan fingerprint density at radius 3 is 2.25 bits per heavy atom. The number of hydrazine groups is 1. The molecule has 0 bridgehead atoms. The zero-order valence-electron chi connectivity index (χ0n) is 14.6. The van der Waals surface area contributed by atoms with Gasteiger partial charge in [-0.1, -0.05) is 12.1 Å². The maximum atomic E-state index is 12.2. The molecule has 7 nitrogen and oxygen atoms in total. The molecule has 3 rings (SSSR count). The van der Waals surface area contributed by atoms with E-state index in [1.807, 2.05) is 12.1 Å². The van der Waals surface area contributed by atoms with Crippen LogP contribution in [0.15, 0.2) is 48.5 Å². The Morgan fingerprint density at radius 2 is 1.61 bits per heavy atom. The highest BCUT2D eigenvalue weighted by Crippen LogP contribution is 2.30. The van der Waals surface area contributed by atoms with Crippen LogP contribution in [0.2, 0.25) is 0 Å². The predicted octanol–water partition coefficient (Wildman–Crippen LogP) is 2.59. The standard InChI is InChI=1S/C19H17IN4O3S/c20-15-4-2-1-3-14(15)18(27)22-19(28)24-23-17(26)12-7-9-13(10-8-12)21-16(25)11-5-6-11/h1-4,7-11H,5-6H2,(H,21,25)(H,23,26)(H2,22,24,27,28). The van der Waals surface area contributed by atoms with Gasteiger partial charge in [0.2, 0.25) is 5.91 Å². The summed E-state index contributed by atoms with van der Waals surface area (Å²) in [5.41, 5.74) is 6.43. The van der Waals surface area contributed by atoms with E-state index >= 15 is 0 Å². The maximum absolute atomic E-state index is 12.2. The minimum absolute atomic E-state index is 0.00744. The lowest BCUT2D eigenvalue weighted by Gasteiger charge is -2.12. The molecular weight excluding hydrogens is 491 g/mol. The summed E-state index contributed by atoms with van der Waals surface area (Å²) < 4.78 is 0.790.